The molecule has 1 amide bonds. The average Bonchev–Trinajstić information content (AvgIpc) is 2.35. The number of carbonyl (C=O) groups excluding carboxylic acids is 2. The monoisotopic (exact) mass is 339 g/mol. The van der Waals surface area contributed by atoms with Crippen molar-refractivity contribution >= 4 is 17.6 Å². The molecule has 126 valence electrons. The van der Waals surface area contributed by atoms with Gasteiger partial charge in [0, 0.05) is 30.7 Å². The van der Waals surface area contributed by atoms with Gasteiger partial charge in [-0.25, -0.2) is 5.43 Å². The number of nitrogens with one attached hydrogen (secondary N) is 1. The number of halogens is 1. The summed E-state index contributed by atoms with van der Waals surface area (Å²) in [5, 5.41) is 4.05. The first-order valence-electron chi connectivity index (χ1n) is 7.35. The molecule has 1 heterocycles. The zero-order chi connectivity index (χ0) is 16.2. The van der Waals surface area contributed by atoms with Gasteiger partial charge >= 0.3 is 11.9 Å². The number of esters is 1. The first kappa shape index (κ1) is 19.1. The number of amides is 1. The van der Waals surface area contributed by atoms with Crippen LogP contribution in [0.2, 0.25) is 0 Å². The molecule has 7 heteroatoms. The summed E-state index contributed by atoms with van der Waals surface area (Å²) >= 11 is 0. The van der Waals surface area contributed by atoms with Crippen LogP contribution in [0.25, 0.3) is 0 Å². The molecule has 1 aliphatic rings. The quantitative estimate of drug-likeness (QED) is 0.400. The fraction of sp³-hybridized carbons (Fsp3) is 0.500. The van der Waals surface area contributed by atoms with E-state index in [1.165, 1.54) is 0 Å². The SMILES string of the molecule is CC(C)(C)OC(=O)C1CC(=NNC(=O)C[n+]2ccccc2)C1.[Cl-]. The van der Waals surface area contributed by atoms with E-state index in [4.69, 9.17) is 4.74 Å². The highest BCUT2D eigenvalue weighted by molar-refractivity contribution is 5.98. The molecule has 23 heavy (non-hydrogen) atoms. The number of hydrazone groups is 1. The molecule has 0 unspecified atom stereocenters. The molecule has 0 aromatic carbocycles. The van der Waals surface area contributed by atoms with E-state index in [2.05, 4.69) is 10.5 Å². The van der Waals surface area contributed by atoms with Gasteiger partial charge in [0.15, 0.2) is 12.4 Å². The maximum atomic E-state index is 11.8. The molecule has 1 fully saturated rings. The molecule has 1 aliphatic carbocycles. The number of pyridine rings is 1. The topological polar surface area (TPSA) is 71.6 Å². The third-order valence-electron chi connectivity index (χ3n) is 3.15. The fourth-order valence-corrected chi connectivity index (χ4v) is 2.03. The average molecular weight is 340 g/mol. The zero-order valence-corrected chi connectivity index (χ0v) is 14.3. The van der Waals surface area contributed by atoms with Gasteiger partial charge in [0.05, 0.1) is 5.92 Å². The molecule has 0 spiro atoms. The van der Waals surface area contributed by atoms with E-state index in [1.807, 2.05) is 51.4 Å². The maximum Gasteiger partial charge on any atom is 0.310 e. The number of ether oxygens (including phenoxy) is 1. The number of rotatable bonds is 4. The Kier molecular flexibility index (Phi) is 6.69. The first-order chi connectivity index (χ1) is 10.3. The van der Waals surface area contributed by atoms with Gasteiger partial charge in [0.2, 0.25) is 6.54 Å². The van der Waals surface area contributed by atoms with Crippen molar-refractivity contribution in [1.29, 1.82) is 0 Å². The van der Waals surface area contributed by atoms with Crippen LogP contribution < -0.4 is 22.4 Å². The van der Waals surface area contributed by atoms with Gasteiger partial charge in [-0.15, -0.1) is 0 Å². The Morgan fingerprint density at radius 3 is 2.43 bits per heavy atom. The lowest BCUT2D eigenvalue weighted by Gasteiger charge is -2.29. The second-order valence-corrected chi connectivity index (χ2v) is 6.40. The fourth-order valence-electron chi connectivity index (χ4n) is 2.03. The zero-order valence-electron chi connectivity index (χ0n) is 13.6. The normalized spacial score (nSPS) is 16.7. The summed E-state index contributed by atoms with van der Waals surface area (Å²) in [5.41, 5.74) is 2.87. The van der Waals surface area contributed by atoms with E-state index in [0.29, 0.717) is 12.8 Å². The van der Waals surface area contributed by atoms with E-state index >= 15 is 0 Å². The third-order valence-corrected chi connectivity index (χ3v) is 3.15. The van der Waals surface area contributed by atoms with E-state index in [0.717, 1.165) is 5.71 Å². The smallest absolute Gasteiger partial charge is 0.310 e. The van der Waals surface area contributed by atoms with Crippen molar-refractivity contribution in [1.82, 2.24) is 5.43 Å². The standard InChI is InChI=1S/C16H21N3O3.ClH/c1-16(2,3)22-15(21)12-9-13(10-12)17-18-14(20)11-19-7-5-4-6-8-19;/h4-8,12H,9-11H2,1-3H3;1H. The van der Waals surface area contributed by atoms with Crippen LogP contribution in [-0.4, -0.2) is 23.2 Å². The summed E-state index contributed by atoms with van der Waals surface area (Å²) in [7, 11) is 0. The van der Waals surface area contributed by atoms with E-state index in [9.17, 15) is 9.59 Å². The van der Waals surface area contributed by atoms with Crippen molar-refractivity contribution in [3.63, 3.8) is 0 Å². The van der Waals surface area contributed by atoms with Crippen LogP contribution in [-0.2, 0) is 20.9 Å². The van der Waals surface area contributed by atoms with Crippen molar-refractivity contribution in [3.8, 4) is 0 Å². The molecular weight excluding hydrogens is 318 g/mol. The number of aromatic nitrogens is 1. The highest BCUT2D eigenvalue weighted by Gasteiger charge is 2.34. The van der Waals surface area contributed by atoms with Gasteiger partial charge in [0.25, 0.3) is 0 Å². The number of hydrogen-bond acceptors (Lipinski definition) is 4. The first-order valence-corrected chi connectivity index (χ1v) is 7.35. The van der Waals surface area contributed by atoms with Gasteiger partial charge in [-0.1, -0.05) is 6.07 Å². The van der Waals surface area contributed by atoms with E-state index in [-0.39, 0.29) is 36.7 Å². The molecule has 1 aromatic rings. The predicted molar refractivity (Wildman–Crippen MR) is 80.8 cm³/mol. The minimum Gasteiger partial charge on any atom is -1.00 e. The Hall–Kier alpha value is -1.95. The lowest BCUT2D eigenvalue weighted by atomic mass is 9.83. The van der Waals surface area contributed by atoms with E-state index < -0.39 is 5.60 Å². The Morgan fingerprint density at radius 2 is 1.87 bits per heavy atom. The van der Waals surface area contributed by atoms with Crippen molar-refractivity contribution < 1.29 is 31.3 Å². The van der Waals surface area contributed by atoms with Gasteiger partial charge < -0.3 is 17.1 Å². The minimum absolute atomic E-state index is 0. The molecular formula is C16H22ClN3O3. The molecule has 0 atom stereocenters. The van der Waals surface area contributed by atoms with Crippen LogP contribution >= 0.6 is 0 Å². The van der Waals surface area contributed by atoms with Crippen molar-refractivity contribution in [2.75, 3.05) is 0 Å². The minimum atomic E-state index is -0.467. The molecule has 0 saturated heterocycles. The van der Waals surface area contributed by atoms with E-state index in [1.54, 1.807) is 4.57 Å². The summed E-state index contributed by atoms with van der Waals surface area (Å²) in [4.78, 5) is 23.5. The summed E-state index contributed by atoms with van der Waals surface area (Å²) < 4.78 is 7.07. The maximum absolute atomic E-state index is 11.8. The highest BCUT2D eigenvalue weighted by atomic mass is 35.5. The van der Waals surface area contributed by atoms with Crippen molar-refractivity contribution in [2.24, 2.45) is 11.0 Å². The van der Waals surface area contributed by atoms with Crippen LogP contribution in [0.15, 0.2) is 35.7 Å². The molecule has 1 saturated carbocycles. The van der Waals surface area contributed by atoms with Gasteiger partial charge in [-0.05, 0) is 20.8 Å². The predicted octanol–water partition coefficient (Wildman–Crippen LogP) is -1.80. The van der Waals surface area contributed by atoms with Crippen LogP contribution in [0, 0.1) is 5.92 Å². The van der Waals surface area contributed by atoms with Crippen LogP contribution in [0.3, 0.4) is 0 Å². The Morgan fingerprint density at radius 1 is 1.26 bits per heavy atom. The second-order valence-electron chi connectivity index (χ2n) is 6.40. The molecule has 0 bridgehead atoms. The third kappa shape index (κ3) is 6.36. The highest BCUT2D eigenvalue weighted by Crippen LogP contribution is 2.27. The lowest BCUT2D eigenvalue weighted by Crippen LogP contribution is -3.00. The van der Waals surface area contributed by atoms with Crippen molar-refractivity contribution in [2.45, 2.75) is 45.8 Å². The van der Waals surface area contributed by atoms with Gasteiger partial charge in [-0.2, -0.15) is 9.67 Å². The van der Waals surface area contributed by atoms with Crippen LogP contribution in [0.5, 0.6) is 0 Å². The van der Waals surface area contributed by atoms with Gasteiger partial charge in [-0.3, -0.25) is 9.59 Å². The van der Waals surface area contributed by atoms with Gasteiger partial charge in [0.1, 0.15) is 5.60 Å². The number of carbonyl (C=O) groups is 2. The van der Waals surface area contributed by atoms with Crippen molar-refractivity contribution in [3.05, 3.63) is 30.6 Å². The Bertz CT molecular complexity index is 574. The summed E-state index contributed by atoms with van der Waals surface area (Å²) in [5.74, 6) is -0.527. The Balaban J connectivity index is 0.00000264. The summed E-state index contributed by atoms with van der Waals surface area (Å²) in [6, 6.07) is 5.60. The van der Waals surface area contributed by atoms with Crippen LogP contribution in [0.4, 0.5) is 0 Å². The second kappa shape index (κ2) is 8.06. The molecule has 6 nitrogen and oxygen atoms in total. The molecule has 0 aliphatic heterocycles. The van der Waals surface area contributed by atoms with Crippen LogP contribution in [0.1, 0.15) is 33.6 Å². The molecule has 2 rings (SSSR count). The summed E-state index contributed by atoms with van der Waals surface area (Å²) in [6.45, 7) is 5.76. The lowest BCUT2D eigenvalue weighted by molar-refractivity contribution is -0.684. The number of nitrogens with zero attached hydrogens (tertiary/aromatic N) is 2. The summed E-state index contributed by atoms with van der Waals surface area (Å²) in [6.07, 6.45) is 4.73. The Labute approximate surface area is 142 Å². The molecule has 1 N–H and O–H groups in total. The molecule has 1 aromatic heterocycles. The molecule has 0 radical (unpaired) electrons. The number of hydrogen-bond donors (Lipinski definition) is 1. The largest absolute Gasteiger partial charge is 1.00 e.